The number of rotatable bonds is 7. The van der Waals surface area contributed by atoms with Crippen molar-refractivity contribution in [2.75, 3.05) is 12.9 Å². The molecule has 26 heavy (non-hydrogen) atoms. The number of H-pyrrole nitrogens is 1. The topological polar surface area (TPSA) is 105 Å². The Balaban J connectivity index is 1.63. The van der Waals surface area contributed by atoms with Gasteiger partial charge in [-0.2, -0.15) is 5.26 Å². The van der Waals surface area contributed by atoms with Crippen molar-refractivity contribution >= 4 is 28.9 Å². The number of methoxy groups -OCH3 is 1. The lowest BCUT2D eigenvalue weighted by Gasteiger charge is -2.03. The number of Topliss-reactive ketones (excluding diaryl/α,β-unsaturated/α-hetero) is 1. The molecule has 0 fully saturated rings. The Kier molecular flexibility index (Phi) is 5.65. The van der Waals surface area contributed by atoms with Crippen LogP contribution in [-0.4, -0.2) is 38.8 Å². The van der Waals surface area contributed by atoms with Crippen molar-refractivity contribution < 1.29 is 9.53 Å². The van der Waals surface area contributed by atoms with Crippen LogP contribution in [-0.2, 0) is 4.79 Å². The van der Waals surface area contributed by atoms with Gasteiger partial charge in [-0.15, -0.1) is 16.4 Å². The Morgan fingerprint density at radius 1 is 1.38 bits per heavy atom. The highest BCUT2D eigenvalue weighted by atomic mass is 32.2. The fourth-order valence-corrected chi connectivity index (χ4v) is 3.74. The number of hydrogen-bond donors (Lipinski definition) is 1. The molecule has 0 bridgehead atoms. The fourth-order valence-electron chi connectivity index (χ4n) is 2.18. The van der Waals surface area contributed by atoms with Gasteiger partial charge in [-0.3, -0.25) is 9.89 Å². The van der Waals surface area contributed by atoms with Crippen molar-refractivity contribution in [2.45, 2.75) is 18.0 Å². The lowest BCUT2D eigenvalue weighted by Crippen LogP contribution is -2.13. The van der Waals surface area contributed by atoms with E-state index >= 15 is 0 Å². The van der Waals surface area contributed by atoms with Crippen LogP contribution in [0.1, 0.15) is 16.6 Å². The minimum absolute atomic E-state index is 0.108. The molecule has 1 aromatic carbocycles. The summed E-state index contributed by atoms with van der Waals surface area (Å²) in [5.41, 5.74) is 1.67. The summed E-state index contributed by atoms with van der Waals surface area (Å²) in [6.07, 6.45) is 0. The first-order chi connectivity index (χ1) is 12.6. The average molecular weight is 385 g/mol. The van der Waals surface area contributed by atoms with E-state index in [4.69, 9.17) is 4.74 Å². The number of benzene rings is 1. The number of aryl methyl sites for hydroxylation is 1. The van der Waals surface area contributed by atoms with Gasteiger partial charge in [-0.1, -0.05) is 11.8 Å². The predicted octanol–water partition coefficient (Wildman–Crippen LogP) is 3.21. The lowest BCUT2D eigenvalue weighted by atomic mass is 10.1. The molecular formula is C17H15N5O2S2. The van der Waals surface area contributed by atoms with E-state index in [2.05, 4.69) is 20.2 Å². The zero-order valence-corrected chi connectivity index (χ0v) is 15.7. The van der Waals surface area contributed by atoms with E-state index in [0.29, 0.717) is 16.0 Å². The van der Waals surface area contributed by atoms with Gasteiger partial charge in [-0.05, 0) is 31.2 Å². The van der Waals surface area contributed by atoms with Crippen LogP contribution in [0.5, 0.6) is 5.75 Å². The Morgan fingerprint density at radius 3 is 2.77 bits per heavy atom. The number of carbonyl (C=O) groups is 1. The van der Waals surface area contributed by atoms with Gasteiger partial charge in [0, 0.05) is 16.6 Å². The molecular weight excluding hydrogens is 370 g/mol. The standard InChI is InChI=1S/C17H15N5O2S2/c1-10-8-25-16(19-10)13(7-18)14(23)9-26-17-20-15(21-22-17)11-3-5-12(24-2)6-4-11/h3-6,8,13H,9H2,1-2H3,(H,20,21,22)/t13-/m1/s1. The van der Waals surface area contributed by atoms with E-state index in [-0.39, 0.29) is 11.5 Å². The third kappa shape index (κ3) is 4.09. The summed E-state index contributed by atoms with van der Waals surface area (Å²) in [7, 11) is 1.61. The predicted molar refractivity (Wildman–Crippen MR) is 99.3 cm³/mol. The van der Waals surface area contributed by atoms with E-state index in [9.17, 15) is 10.1 Å². The van der Waals surface area contributed by atoms with Crippen molar-refractivity contribution in [3.63, 3.8) is 0 Å². The van der Waals surface area contributed by atoms with E-state index < -0.39 is 5.92 Å². The Labute approximate surface area is 158 Å². The minimum atomic E-state index is -0.846. The van der Waals surface area contributed by atoms with Crippen molar-refractivity contribution in [2.24, 2.45) is 0 Å². The molecule has 0 amide bonds. The number of nitriles is 1. The number of nitrogens with zero attached hydrogens (tertiary/aromatic N) is 4. The molecule has 0 aliphatic rings. The molecule has 2 heterocycles. The minimum Gasteiger partial charge on any atom is -0.497 e. The summed E-state index contributed by atoms with van der Waals surface area (Å²) in [6.45, 7) is 1.84. The molecule has 0 saturated carbocycles. The van der Waals surface area contributed by atoms with Crippen molar-refractivity contribution in [1.82, 2.24) is 20.2 Å². The molecule has 0 radical (unpaired) electrons. The summed E-state index contributed by atoms with van der Waals surface area (Å²) >= 11 is 2.52. The zero-order valence-electron chi connectivity index (χ0n) is 14.1. The van der Waals surface area contributed by atoms with Gasteiger partial charge in [0.1, 0.15) is 10.8 Å². The van der Waals surface area contributed by atoms with Gasteiger partial charge in [0.2, 0.25) is 5.16 Å². The second-order valence-electron chi connectivity index (χ2n) is 5.34. The number of thiazole rings is 1. The summed E-state index contributed by atoms with van der Waals surface area (Å²) in [6, 6.07) is 9.45. The van der Waals surface area contributed by atoms with E-state index in [1.54, 1.807) is 7.11 Å². The normalized spacial score (nSPS) is 11.7. The largest absolute Gasteiger partial charge is 0.497 e. The average Bonchev–Trinajstić information content (AvgIpc) is 3.30. The number of ether oxygens (including phenoxy) is 1. The first-order valence-electron chi connectivity index (χ1n) is 7.64. The molecule has 2 aromatic heterocycles. The monoisotopic (exact) mass is 385 g/mol. The molecule has 3 aromatic rings. The first-order valence-corrected chi connectivity index (χ1v) is 9.51. The van der Waals surface area contributed by atoms with E-state index in [0.717, 1.165) is 17.0 Å². The van der Waals surface area contributed by atoms with Crippen LogP contribution >= 0.6 is 23.1 Å². The number of aromatic amines is 1. The highest BCUT2D eigenvalue weighted by molar-refractivity contribution is 7.99. The van der Waals surface area contributed by atoms with Crippen LogP contribution < -0.4 is 4.74 Å². The van der Waals surface area contributed by atoms with Crippen LogP contribution in [0, 0.1) is 18.3 Å². The highest BCUT2D eigenvalue weighted by Gasteiger charge is 2.23. The van der Waals surface area contributed by atoms with Crippen LogP contribution in [0.4, 0.5) is 0 Å². The molecule has 1 N–H and O–H groups in total. The summed E-state index contributed by atoms with van der Waals surface area (Å²) in [5.74, 6) is 0.420. The second kappa shape index (κ2) is 8.12. The molecule has 0 unspecified atom stereocenters. The van der Waals surface area contributed by atoms with Gasteiger partial charge < -0.3 is 4.74 Å². The van der Waals surface area contributed by atoms with Crippen LogP contribution in [0.2, 0.25) is 0 Å². The first kappa shape index (κ1) is 18.1. The number of hydrogen-bond acceptors (Lipinski definition) is 8. The Morgan fingerprint density at radius 2 is 2.15 bits per heavy atom. The SMILES string of the molecule is COc1ccc(-c2nc(SCC(=O)[C@@H](C#N)c3nc(C)cs3)n[nH]2)cc1. The fraction of sp³-hybridized carbons (Fsp3) is 0.235. The quantitative estimate of drug-likeness (QED) is 0.623. The van der Waals surface area contributed by atoms with Gasteiger partial charge in [0.05, 0.1) is 18.9 Å². The smallest absolute Gasteiger partial charge is 0.209 e. The van der Waals surface area contributed by atoms with Crippen LogP contribution in [0.3, 0.4) is 0 Å². The molecule has 0 saturated heterocycles. The number of nitrogens with one attached hydrogen (secondary N) is 1. The van der Waals surface area contributed by atoms with Crippen LogP contribution in [0.15, 0.2) is 34.8 Å². The molecule has 132 valence electrons. The van der Waals surface area contributed by atoms with E-state index in [1.807, 2.05) is 42.6 Å². The third-order valence-corrected chi connectivity index (χ3v) is 5.40. The summed E-state index contributed by atoms with van der Waals surface area (Å²) < 4.78 is 5.13. The molecule has 0 spiro atoms. The molecule has 3 rings (SSSR count). The Hall–Kier alpha value is -2.70. The lowest BCUT2D eigenvalue weighted by molar-refractivity contribution is -0.116. The Bertz CT molecular complexity index is 943. The summed E-state index contributed by atoms with van der Waals surface area (Å²) in [4.78, 5) is 21.0. The summed E-state index contributed by atoms with van der Waals surface area (Å²) in [5, 5.41) is 19.1. The number of ketones is 1. The van der Waals surface area contributed by atoms with E-state index in [1.165, 1.54) is 23.1 Å². The molecule has 0 aliphatic heterocycles. The highest BCUT2D eigenvalue weighted by Crippen LogP contribution is 2.25. The van der Waals surface area contributed by atoms with Crippen molar-refractivity contribution in [3.8, 4) is 23.2 Å². The molecule has 1 atom stereocenters. The van der Waals surface area contributed by atoms with Crippen molar-refractivity contribution in [1.29, 1.82) is 5.26 Å². The van der Waals surface area contributed by atoms with Gasteiger partial charge >= 0.3 is 0 Å². The maximum absolute atomic E-state index is 12.3. The molecule has 9 heteroatoms. The number of thioether (sulfide) groups is 1. The number of carbonyl (C=O) groups excluding carboxylic acids is 1. The van der Waals surface area contributed by atoms with Gasteiger partial charge in [0.25, 0.3) is 0 Å². The molecule has 0 aliphatic carbocycles. The van der Waals surface area contributed by atoms with Gasteiger partial charge in [-0.25, -0.2) is 9.97 Å². The zero-order chi connectivity index (χ0) is 18.5. The molecule has 7 nitrogen and oxygen atoms in total. The van der Waals surface area contributed by atoms with Crippen LogP contribution in [0.25, 0.3) is 11.4 Å². The third-order valence-electron chi connectivity index (χ3n) is 3.51. The maximum atomic E-state index is 12.3. The van der Waals surface area contributed by atoms with Crippen molar-refractivity contribution in [3.05, 3.63) is 40.3 Å². The maximum Gasteiger partial charge on any atom is 0.209 e. The van der Waals surface area contributed by atoms with Gasteiger partial charge in [0.15, 0.2) is 17.5 Å². The number of aromatic nitrogens is 4. The second-order valence-corrected chi connectivity index (χ2v) is 7.17.